The zero-order valence-corrected chi connectivity index (χ0v) is 11.5. The molecule has 0 saturated heterocycles. The molecule has 1 aromatic rings. The van der Waals surface area contributed by atoms with Crippen molar-refractivity contribution in [2.24, 2.45) is 5.92 Å². The highest BCUT2D eigenvalue weighted by Crippen LogP contribution is 2.32. The molecule has 0 spiro atoms. The van der Waals surface area contributed by atoms with Gasteiger partial charge < -0.3 is 4.90 Å². The number of hydrogen-bond acceptors (Lipinski definition) is 3. The fraction of sp³-hybridized carbons (Fsp3) is 0.692. The Morgan fingerprint density at radius 2 is 2.12 bits per heavy atom. The molecule has 0 radical (unpaired) electrons. The van der Waals surface area contributed by atoms with Crippen LogP contribution in [0, 0.1) is 5.92 Å². The second-order valence-corrected chi connectivity index (χ2v) is 5.40. The third-order valence-corrected chi connectivity index (χ3v) is 3.31. The fourth-order valence-corrected chi connectivity index (χ4v) is 2.10. The van der Waals surface area contributed by atoms with Crippen LogP contribution in [0.3, 0.4) is 0 Å². The van der Waals surface area contributed by atoms with E-state index in [1.54, 1.807) is 0 Å². The van der Waals surface area contributed by atoms with Crippen LogP contribution < -0.4 is 4.90 Å². The largest absolute Gasteiger partial charge is 0.354 e. The summed E-state index contributed by atoms with van der Waals surface area (Å²) in [6.07, 6.45) is 3.52. The van der Waals surface area contributed by atoms with E-state index < -0.39 is 0 Å². The van der Waals surface area contributed by atoms with E-state index in [1.165, 1.54) is 12.8 Å². The number of nitrogens with zero attached hydrogens (tertiary/aromatic N) is 3. The molecule has 1 aliphatic rings. The quantitative estimate of drug-likeness (QED) is 0.754. The van der Waals surface area contributed by atoms with Crippen molar-refractivity contribution in [3.8, 4) is 0 Å². The van der Waals surface area contributed by atoms with E-state index in [0.29, 0.717) is 11.2 Å². The van der Waals surface area contributed by atoms with E-state index in [-0.39, 0.29) is 0 Å². The van der Waals surface area contributed by atoms with Crippen LogP contribution >= 0.6 is 11.6 Å². The van der Waals surface area contributed by atoms with Crippen molar-refractivity contribution in [1.29, 1.82) is 0 Å². The third kappa shape index (κ3) is 3.32. The first kappa shape index (κ1) is 12.6. The molecular formula is C13H20ClN3. The molecule has 3 nitrogen and oxygen atoms in total. The van der Waals surface area contributed by atoms with Gasteiger partial charge in [0.05, 0.1) is 0 Å². The Labute approximate surface area is 108 Å². The molecule has 1 fully saturated rings. The predicted octanol–water partition coefficient (Wildman–Crippen LogP) is 3.32. The smallest absolute Gasteiger partial charge is 0.134 e. The van der Waals surface area contributed by atoms with Gasteiger partial charge in [0.25, 0.3) is 0 Å². The number of hydrogen-bond donors (Lipinski definition) is 0. The van der Waals surface area contributed by atoms with Crippen LogP contribution in [-0.2, 0) is 6.42 Å². The first-order valence-corrected chi connectivity index (χ1v) is 6.78. The SMILES string of the molecule is CCc1nc(Cl)cc(N(CC2CC2)C(C)C)n1. The van der Waals surface area contributed by atoms with Crippen LogP contribution in [0.1, 0.15) is 39.4 Å². The van der Waals surface area contributed by atoms with Crippen LogP contribution in [0.5, 0.6) is 0 Å². The van der Waals surface area contributed by atoms with Crippen LogP contribution in [0.4, 0.5) is 5.82 Å². The molecule has 1 aliphatic carbocycles. The standard InChI is InChI=1S/C13H20ClN3/c1-4-12-15-11(14)7-13(16-12)17(9(2)3)8-10-5-6-10/h7,9-10H,4-6,8H2,1-3H3. The van der Waals surface area contributed by atoms with E-state index in [4.69, 9.17) is 11.6 Å². The van der Waals surface area contributed by atoms with Gasteiger partial charge >= 0.3 is 0 Å². The zero-order chi connectivity index (χ0) is 12.4. The minimum absolute atomic E-state index is 0.450. The molecule has 0 aliphatic heterocycles. The summed E-state index contributed by atoms with van der Waals surface area (Å²) < 4.78 is 0. The van der Waals surface area contributed by atoms with Crippen molar-refractivity contribution < 1.29 is 0 Å². The summed E-state index contributed by atoms with van der Waals surface area (Å²) in [6.45, 7) is 7.54. The van der Waals surface area contributed by atoms with Crippen molar-refractivity contribution >= 4 is 17.4 Å². The summed E-state index contributed by atoms with van der Waals surface area (Å²) in [7, 11) is 0. The maximum atomic E-state index is 6.05. The summed E-state index contributed by atoms with van der Waals surface area (Å²) >= 11 is 6.05. The number of halogens is 1. The summed E-state index contributed by atoms with van der Waals surface area (Å²) in [5.41, 5.74) is 0. The van der Waals surface area contributed by atoms with E-state index in [9.17, 15) is 0 Å². The Morgan fingerprint density at radius 1 is 1.41 bits per heavy atom. The van der Waals surface area contributed by atoms with Gasteiger partial charge in [0.15, 0.2) is 0 Å². The first-order chi connectivity index (χ1) is 8.10. The topological polar surface area (TPSA) is 29.0 Å². The van der Waals surface area contributed by atoms with Crippen LogP contribution in [0.2, 0.25) is 5.15 Å². The molecule has 0 bridgehead atoms. The second kappa shape index (κ2) is 5.21. The van der Waals surface area contributed by atoms with E-state index in [1.807, 2.05) is 6.07 Å². The molecule has 1 saturated carbocycles. The predicted molar refractivity (Wildman–Crippen MR) is 71.6 cm³/mol. The molecule has 2 rings (SSSR count). The normalized spacial score (nSPS) is 15.4. The average molecular weight is 254 g/mol. The van der Waals surface area contributed by atoms with Crippen LogP contribution in [0.25, 0.3) is 0 Å². The molecule has 0 amide bonds. The number of rotatable bonds is 5. The minimum Gasteiger partial charge on any atom is -0.354 e. The van der Waals surface area contributed by atoms with Crippen molar-refractivity contribution in [1.82, 2.24) is 9.97 Å². The first-order valence-electron chi connectivity index (χ1n) is 6.40. The molecule has 17 heavy (non-hydrogen) atoms. The van der Waals surface area contributed by atoms with Crippen molar-refractivity contribution in [3.05, 3.63) is 17.0 Å². The lowest BCUT2D eigenvalue weighted by molar-refractivity contribution is 0.633. The highest BCUT2D eigenvalue weighted by Gasteiger charge is 2.26. The summed E-state index contributed by atoms with van der Waals surface area (Å²) in [6, 6.07) is 2.33. The average Bonchev–Trinajstić information content (AvgIpc) is 3.08. The van der Waals surface area contributed by atoms with E-state index in [2.05, 4.69) is 35.6 Å². The summed E-state index contributed by atoms with van der Waals surface area (Å²) in [5.74, 6) is 2.65. The Bertz CT molecular complexity index is 388. The molecule has 0 atom stereocenters. The summed E-state index contributed by atoms with van der Waals surface area (Å²) in [5, 5.41) is 0.549. The summed E-state index contributed by atoms with van der Waals surface area (Å²) in [4.78, 5) is 11.1. The van der Waals surface area contributed by atoms with Crippen LogP contribution in [-0.4, -0.2) is 22.6 Å². The number of anilines is 1. The highest BCUT2D eigenvalue weighted by molar-refractivity contribution is 6.29. The van der Waals surface area contributed by atoms with Gasteiger partial charge in [-0.25, -0.2) is 9.97 Å². The Morgan fingerprint density at radius 3 is 2.65 bits per heavy atom. The van der Waals surface area contributed by atoms with Crippen molar-refractivity contribution in [3.63, 3.8) is 0 Å². The zero-order valence-electron chi connectivity index (χ0n) is 10.8. The second-order valence-electron chi connectivity index (χ2n) is 5.01. The minimum atomic E-state index is 0.450. The Kier molecular flexibility index (Phi) is 3.87. The Hall–Kier alpha value is -0.830. The van der Waals surface area contributed by atoms with Crippen molar-refractivity contribution in [2.75, 3.05) is 11.4 Å². The lowest BCUT2D eigenvalue weighted by Crippen LogP contribution is -2.33. The third-order valence-electron chi connectivity index (χ3n) is 3.11. The van der Waals surface area contributed by atoms with Gasteiger partial charge in [-0.2, -0.15) is 0 Å². The van der Waals surface area contributed by atoms with Gasteiger partial charge in [-0.15, -0.1) is 0 Å². The van der Waals surface area contributed by atoms with Gasteiger partial charge in [-0.1, -0.05) is 18.5 Å². The maximum Gasteiger partial charge on any atom is 0.134 e. The van der Waals surface area contributed by atoms with Gasteiger partial charge in [-0.05, 0) is 32.6 Å². The molecule has 1 heterocycles. The number of aromatic nitrogens is 2. The van der Waals surface area contributed by atoms with Gasteiger partial charge in [-0.3, -0.25) is 0 Å². The van der Waals surface area contributed by atoms with E-state index >= 15 is 0 Å². The molecule has 94 valence electrons. The fourth-order valence-electron chi connectivity index (χ4n) is 1.90. The highest BCUT2D eigenvalue weighted by atomic mass is 35.5. The lowest BCUT2D eigenvalue weighted by atomic mass is 10.2. The monoisotopic (exact) mass is 253 g/mol. The van der Waals surface area contributed by atoms with Crippen LogP contribution in [0.15, 0.2) is 6.07 Å². The van der Waals surface area contributed by atoms with Gasteiger partial charge in [0.1, 0.15) is 16.8 Å². The molecule has 0 unspecified atom stereocenters. The molecule has 1 aromatic heterocycles. The molecule has 0 aromatic carbocycles. The van der Waals surface area contributed by atoms with Crippen molar-refractivity contribution in [2.45, 2.75) is 46.1 Å². The number of aryl methyl sites for hydroxylation is 1. The van der Waals surface area contributed by atoms with Gasteiger partial charge in [0.2, 0.25) is 0 Å². The van der Waals surface area contributed by atoms with E-state index in [0.717, 1.165) is 30.5 Å². The lowest BCUT2D eigenvalue weighted by Gasteiger charge is -2.28. The van der Waals surface area contributed by atoms with Gasteiger partial charge in [0, 0.05) is 25.1 Å². The molecule has 4 heteroatoms. The molecule has 0 N–H and O–H groups in total. The maximum absolute atomic E-state index is 6.05. The Balaban J connectivity index is 2.23. The molecular weight excluding hydrogens is 234 g/mol.